The monoisotopic (exact) mass is 534 g/mol. The van der Waals surface area contributed by atoms with E-state index in [2.05, 4.69) is 12.7 Å². The van der Waals surface area contributed by atoms with E-state index in [1.54, 1.807) is 0 Å². The van der Waals surface area contributed by atoms with Crippen molar-refractivity contribution in [3.05, 3.63) is 0 Å². The van der Waals surface area contributed by atoms with E-state index in [1.165, 1.54) is 0 Å². The van der Waals surface area contributed by atoms with Crippen molar-refractivity contribution in [2.75, 3.05) is 0 Å². The average Bonchev–Trinajstić information content (AvgIpc) is 1.00. The number of hydrogen-bond acceptors (Lipinski definition) is 0. The van der Waals surface area contributed by atoms with E-state index < -0.39 is 0 Å². The van der Waals surface area contributed by atoms with Crippen LogP contribution in [0.3, 0.4) is 0 Å². The van der Waals surface area contributed by atoms with E-state index >= 15 is 0 Å². The zero-order valence-electron chi connectivity index (χ0n) is 2.11. The molecule has 0 aromatic heterocycles. The van der Waals surface area contributed by atoms with Gasteiger partial charge in [-0.3, -0.25) is 0 Å². The Morgan fingerprint density at radius 1 is 1.00 bits per heavy atom. The van der Waals surface area contributed by atoms with Gasteiger partial charge < -0.3 is 29.4 Å². The molecule has 0 heterocycles. The van der Waals surface area contributed by atoms with Crippen LogP contribution >= 0.6 is 33.1 Å². The van der Waals surface area contributed by atoms with E-state index in [-0.39, 0.29) is 74.1 Å². The Bertz CT molecular complexity index is 11.5. The predicted octanol–water partition coefficient (Wildman–Crippen LogP) is -4.27. The summed E-state index contributed by atoms with van der Waals surface area (Å²) in [7, 11) is 0. The van der Waals surface area contributed by atoms with E-state index in [4.69, 9.17) is 0 Å². The fourth-order valence-corrected chi connectivity index (χ4v) is 0. The zero-order valence-corrected chi connectivity index (χ0v) is 11.2. The van der Waals surface area contributed by atoms with E-state index in [1.807, 2.05) is 20.4 Å². The zero-order chi connectivity index (χ0) is 2.00. The third-order valence-electron chi connectivity index (χ3n) is 0. The van der Waals surface area contributed by atoms with Gasteiger partial charge in [0, 0.05) is 20.4 Å². The molecule has 50 valence electrons. The molecular formula is Ag2Br2ClI. The first-order valence-corrected chi connectivity index (χ1v) is 4.98. The van der Waals surface area contributed by atoms with E-state index in [0.717, 1.165) is 0 Å². The average molecular weight is 538 g/mol. The number of halogens is 4. The Morgan fingerprint density at radius 3 is 1.00 bits per heavy atom. The van der Waals surface area contributed by atoms with Crippen LogP contribution in [0.2, 0.25) is 0 Å². The maximum atomic E-state index is 2.91. The second-order valence-corrected chi connectivity index (χ2v) is 0. The van der Waals surface area contributed by atoms with Crippen LogP contribution in [0, 0.1) is 0 Å². The van der Waals surface area contributed by atoms with Gasteiger partial charge in [-0.1, -0.05) is 0 Å². The summed E-state index contributed by atoms with van der Waals surface area (Å²) in [6.45, 7) is 0. The predicted molar refractivity (Wildman–Crippen MR) is 22.9 cm³/mol. The van der Waals surface area contributed by atoms with Crippen LogP contribution < -0.4 is 29.4 Å². The van der Waals surface area contributed by atoms with Crippen molar-refractivity contribution in [3.63, 3.8) is 0 Å². The van der Waals surface area contributed by atoms with Crippen molar-refractivity contribution >= 4 is 33.1 Å². The van der Waals surface area contributed by atoms with Gasteiger partial charge in [0.25, 0.3) is 0 Å². The third kappa shape index (κ3) is 26.0. The first-order valence-electron chi connectivity index (χ1n) is 0.143. The van der Waals surface area contributed by atoms with Gasteiger partial charge >= 0.3 is 44.8 Å². The molecule has 0 radical (unpaired) electrons. The molecule has 0 saturated heterocycles. The summed E-state index contributed by atoms with van der Waals surface area (Å²) in [5, 5.41) is 0. The van der Waals surface area contributed by atoms with E-state index in [0.29, 0.717) is 0 Å². The Morgan fingerprint density at radius 2 is 1.00 bits per heavy atom. The van der Waals surface area contributed by atoms with Crippen molar-refractivity contribution in [3.8, 4) is 0 Å². The van der Waals surface area contributed by atoms with Crippen LogP contribution in [0.15, 0.2) is 0 Å². The minimum atomic E-state index is 0. The minimum absolute atomic E-state index is 0. The van der Waals surface area contributed by atoms with E-state index in [9.17, 15) is 0 Å². The summed E-state index contributed by atoms with van der Waals surface area (Å²) in [6.07, 6.45) is 0. The molecular weight excluding hydrogens is 538 g/mol. The van der Waals surface area contributed by atoms with Crippen LogP contribution in [0.4, 0.5) is 0 Å². The largest absolute Gasteiger partial charge is 1.00 e. The second kappa shape index (κ2) is 39.3. The van der Waals surface area contributed by atoms with Crippen LogP contribution in [0.25, 0.3) is 0 Å². The fraction of sp³-hybridized carbons (Fsp3) is 0. The summed E-state index contributed by atoms with van der Waals surface area (Å²) in [5.41, 5.74) is 0. The van der Waals surface area contributed by atoms with Gasteiger partial charge in [-0.2, -0.15) is 0 Å². The summed E-state index contributed by atoms with van der Waals surface area (Å²) in [5.74, 6) is 0. The molecule has 0 unspecified atom stereocenters. The Kier molecular flexibility index (Phi) is 223. The quantitative estimate of drug-likeness (QED) is 0.217. The first-order chi connectivity index (χ1) is 1.00. The van der Waals surface area contributed by atoms with Gasteiger partial charge in [0.05, 0.1) is 0 Å². The molecule has 0 aromatic rings. The molecule has 0 aromatic carbocycles. The molecule has 0 rings (SSSR count). The normalized spacial score (nSPS) is 1.00. The van der Waals surface area contributed by atoms with Gasteiger partial charge in [0.2, 0.25) is 0 Å². The van der Waals surface area contributed by atoms with Crippen LogP contribution in [-0.2, 0) is 44.8 Å². The van der Waals surface area contributed by atoms with Gasteiger partial charge in [-0.05, 0) is 12.7 Å². The maximum absolute atomic E-state index is 2.91. The van der Waals surface area contributed by atoms with Crippen molar-refractivity contribution in [1.82, 2.24) is 0 Å². The fourth-order valence-electron chi connectivity index (χ4n) is 0. The number of rotatable bonds is 0. The van der Waals surface area contributed by atoms with Gasteiger partial charge in [0.15, 0.2) is 0 Å². The van der Waals surface area contributed by atoms with Gasteiger partial charge in [-0.25, -0.2) is 0 Å². The Hall–Kier alpha value is 3.46. The molecule has 0 atom stereocenters. The summed E-state index contributed by atoms with van der Waals surface area (Å²) in [4.78, 5) is 0. The van der Waals surface area contributed by atoms with Crippen LogP contribution in [0.1, 0.15) is 0 Å². The van der Waals surface area contributed by atoms with Crippen LogP contribution in [0.5, 0.6) is 0 Å². The Labute approximate surface area is 105 Å². The molecule has 0 nitrogen and oxygen atoms in total. The molecule has 0 aliphatic rings. The third-order valence-corrected chi connectivity index (χ3v) is 0. The minimum Gasteiger partial charge on any atom is -1.00 e. The summed E-state index contributed by atoms with van der Waals surface area (Å²) >= 11 is 4.87. The molecule has 0 spiro atoms. The second-order valence-electron chi connectivity index (χ2n) is 0. The molecule has 0 fully saturated rings. The van der Waals surface area contributed by atoms with Gasteiger partial charge in [-0.15, -0.1) is 0 Å². The van der Waals surface area contributed by atoms with Gasteiger partial charge in [0.1, 0.15) is 0 Å². The smallest absolute Gasteiger partial charge is 1.00 e. The molecule has 0 N–H and O–H groups in total. The first kappa shape index (κ1) is 34.0. The molecule has 0 saturated carbocycles. The SMILES string of the molecule is BrI.[Ag+].[Ag+].[Br-].[Cl-]. The molecule has 0 amide bonds. The summed E-state index contributed by atoms with van der Waals surface area (Å²) in [6, 6.07) is 0. The van der Waals surface area contributed by atoms with Crippen molar-refractivity contribution in [2.45, 2.75) is 0 Å². The van der Waals surface area contributed by atoms with Crippen molar-refractivity contribution in [2.24, 2.45) is 0 Å². The van der Waals surface area contributed by atoms with Crippen molar-refractivity contribution in [1.29, 1.82) is 0 Å². The standard InChI is InChI=1S/2Ag.BrI.BrH.ClH/c;;1-2;;/h;;;2*1H/q2*+1;;;/p-2. The molecule has 6 heavy (non-hydrogen) atoms. The molecule has 0 aliphatic carbocycles. The van der Waals surface area contributed by atoms with Crippen molar-refractivity contribution < 1.29 is 74.1 Å². The topological polar surface area (TPSA) is 0 Å². The van der Waals surface area contributed by atoms with Crippen LogP contribution in [-0.4, -0.2) is 0 Å². The number of hydrogen-bond donors (Lipinski definition) is 0. The molecule has 6 heteroatoms. The Balaban J connectivity index is -0.000000000833. The maximum Gasteiger partial charge on any atom is 1.00 e. The molecule has 0 aliphatic heterocycles. The summed E-state index contributed by atoms with van der Waals surface area (Å²) < 4.78 is 0. The molecule has 0 bridgehead atoms.